The number of benzene rings is 2. The molecule has 0 aliphatic rings. The van der Waals surface area contributed by atoms with Gasteiger partial charge in [-0.05, 0) is 36.1 Å². The van der Waals surface area contributed by atoms with Crippen LogP contribution in [0.1, 0.15) is 37.8 Å². The Labute approximate surface area is 148 Å². The molecule has 5 nitrogen and oxygen atoms in total. The fourth-order valence-electron chi connectivity index (χ4n) is 2.32. The highest BCUT2D eigenvalue weighted by Gasteiger charge is 2.15. The van der Waals surface area contributed by atoms with E-state index >= 15 is 0 Å². The van der Waals surface area contributed by atoms with Crippen molar-refractivity contribution in [3.63, 3.8) is 0 Å². The second-order valence-electron chi connectivity index (χ2n) is 6.30. The van der Waals surface area contributed by atoms with Crippen LogP contribution in [-0.4, -0.2) is 18.0 Å². The Morgan fingerprint density at radius 3 is 2.16 bits per heavy atom. The third-order valence-corrected chi connectivity index (χ3v) is 3.89. The maximum atomic E-state index is 12.1. The number of anilines is 1. The summed E-state index contributed by atoms with van der Waals surface area (Å²) in [5.41, 5.74) is 3.06. The van der Waals surface area contributed by atoms with Crippen molar-refractivity contribution in [1.29, 1.82) is 0 Å². The third-order valence-electron chi connectivity index (χ3n) is 3.89. The molecule has 1 unspecified atom stereocenters. The molecule has 0 spiro atoms. The van der Waals surface area contributed by atoms with Gasteiger partial charge >= 0.3 is 6.03 Å². The number of hydrogen-bond acceptors (Lipinski definition) is 3. The molecule has 0 fully saturated rings. The number of carbonyl (C=O) groups excluding carboxylic acids is 2. The first-order chi connectivity index (χ1) is 12.0. The monoisotopic (exact) mass is 339 g/mol. The van der Waals surface area contributed by atoms with Gasteiger partial charge in [0, 0.05) is 12.2 Å². The molecule has 0 saturated carbocycles. The molecular formula is C20H25N3O2. The highest BCUT2D eigenvalue weighted by Crippen LogP contribution is 2.17. The largest absolute Gasteiger partial charge is 0.374 e. The minimum Gasteiger partial charge on any atom is -0.374 e. The van der Waals surface area contributed by atoms with Gasteiger partial charge in [0.25, 0.3) is 0 Å². The first kappa shape index (κ1) is 18.5. The summed E-state index contributed by atoms with van der Waals surface area (Å²) < 4.78 is 0. The molecule has 3 N–H and O–H groups in total. The Bertz CT molecular complexity index is 697. The molecule has 0 aliphatic carbocycles. The molecule has 5 heteroatoms. The molecule has 0 saturated heterocycles. The summed E-state index contributed by atoms with van der Waals surface area (Å²) in [6.45, 7) is 6.35. The van der Waals surface area contributed by atoms with E-state index in [2.05, 4.69) is 29.8 Å². The standard InChI is InChI=1S/C20H25N3O2/c1-14(2)17-9-11-18(12-10-17)22-15(3)19(24)23-20(25)21-13-16-7-5-4-6-8-16/h4-12,14-15,22H,13H2,1-3H3,(H2,21,23,24,25). The second-order valence-corrected chi connectivity index (χ2v) is 6.30. The van der Waals surface area contributed by atoms with Crippen molar-refractivity contribution >= 4 is 17.6 Å². The van der Waals surface area contributed by atoms with E-state index in [0.29, 0.717) is 12.5 Å². The molecule has 0 bridgehead atoms. The van der Waals surface area contributed by atoms with Crippen LogP contribution in [0.25, 0.3) is 0 Å². The second kappa shape index (κ2) is 8.87. The van der Waals surface area contributed by atoms with Crippen molar-refractivity contribution in [1.82, 2.24) is 10.6 Å². The Hall–Kier alpha value is -2.82. The van der Waals surface area contributed by atoms with Crippen molar-refractivity contribution in [3.05, 3.63) is 65.7 Å². The summed E-state index contributed by atoms with van der Waals surface area (Å²) in [4.78, 5) is 23.9. The molecule has 0 heterocycles. The van der Waals surface area contributed by atoms with Gasteiger partial charge in [-0.3, -0.25) is 10.1 Å². The molecule has 0 aliphatic heterocycles. The van der Waals surface area contributed by atoms with Gasteiger partial charge in [0.2, 0.25) is 5.91 Å². The van der Waals surface area contributed by atoms with Gasteiger partial charge in [-0.25, -0.2) is 4.79 Å². The van der Waals surface area contributed by atoms with Gasteiger partial charge < -0.3 is 10.6 Å². The molecular weight excluding hydrogens is 314 g/mol. The van der Waals surface area contributed by atoms with Crippen molar-refractivity contribution in [2.45, 2.75) is 39.3 Å². The van der Waals surface area contributed by atoms with Gasteiger partial charge in [0.1, 0.15) is 6.04 Å². The molecule has 2 aromatic rings. The smallest absolute Gasteiger partial charge is 0.321 e. The minimum absolute atomic E-state index is 0.373. The molecule has 3 amide bonds. The molecule has 0 aromatic heterocycles. The summed E-state index contributed by atoms with van der Waals surface area (Å²) in [6, 6.07) is 16.4. The predicted octanol–water partition coefficient (Wildman–Crippen LogP) is 3.64. The number of carbonyl (C=O) groups is 2. The van der Waals surface area contributed by atoms with E-state index in [4.69, 9.17) is 0 Å². The number of rotatable bonds is 6. The van der Waals surface area contributed by atoms with Gasteiger partial charge in [0.15, 0.2) is 0 Å². The number of hydrogen-bond donors (Lipinski definition) is 3. The fraction of sp³-hybridized carbons (Fsp3) is 0.300. The summed E-state index contributed by atoms with van der Waals surface area (Å²) in [5, 5.41) is 8.11. The Morgan fingerprint density at radius 2 is 1.56 bits per heavy atom. The van der Waals surface area contributed by atoms with Crippen molar-refractivity contribution in [2.24, 2.45) is 0 Å². The van der Waals surface area contributed by atoms with Crippen LogP contribution in [-0.2, 0) is 11.3 Å². The topological polar surface area (TPSA) is 70.2 Å². The van der Waals surface area contributed by atoms with E-state index in [1.54, 1.807) is 6.92 Å². The quantitative estimate of drug-likeness (QED) is 0.752. The van der Waals surface area contributed by atoms with Crippen LogP contribution in [0.15, 0.2) is 54.6 Å². The normalized spacial score (nSPS) is 11.7. The summed E-state index contributed by atoms with van der Waals surface area (Å²) >= 11 is 0. The maximum absolute atomic E-state index is 12.1. The summed E-state index contributed by atoms with van der Waals surface area (Å²) in [6.07, 6.45) is 0. The molecule has 1 atom stereocenters. The third kappa shape index (κ3) is 5.95. The lowest BCUT2D eigenvalue weighted by Crippen LogP contribution is -2.45. The molecule has 0 radical (unpaired) electrons. The Kier molecular flexibility index (Phi) is 6.57. The van der Waals surface area contributed by atoms with E-state index in [1.807, 2.05) is 54.6 Å². The highest BCUT2D eigenvalue weighted by atomic mass is 16.2. The number of nitrogens with one attached hydrogen (secondary N) is 3. The first-order valence-electron chi connectivity index (χ1n) is 8.45. The van der Waals surface area contributed by atoms with E-state index < -0.39 is 12.1 Å². The van der Waals surface area contributed by atoms with Gasteiger partial charge in [0.05, 0.1) is 0 Å². The van der Waals surface area contributed by atoms with Crippen molar-refractivity contribution < 1.29 is 9.59 Å². The van der Waals surface area contributed by atoms with Crippen LogP contribution in [0.5, 0.6) is 0 Å². The zero-order valence-electron chi connectivity index (χ0n) is 14.9. The van der Waals surface area contributed by atoms with Crippen LogP contribution < -0.4 is 16.0 Å². The SMILES string of the molecule is CC(Nc1ccc(C(C)C)cc1)C(=O)NC(=O)NCc1ccccc1. The Balaban J connectivity index is 1.80. The van der Waals surface area contributed by atoms with Crippen LogP contribution in [0, 0.1) is 0 Å². The van der Waals surface area contributed by atoms with Crippen LogP contribution in [0.4, 0.5) is 10.5 Å². The van der Waals surface area contributed by atoms with E-state index in [9.17, 15) is 9.59 Å². The number of urea groups is 1. The average molecular weight is 339 g/mol. The summed E-state index contributed by atoms with van der Waals surface area (Å²) in [7, 11) is 0. The van der Waals surface area contributed by atoms with Crippen molar-refractivity contribution in [2.75, 3.05) is 5.32 Å². The van der Waals surface area contributed by atoms with E-state index in [1.165, 1.54) is 5.56 Å². The van der Waals surface area contributed by atoms with Gasteiger partial charge in [-0.1, -0.05) is 56.3 Å². The number of imide groups is 1. The molecule has 132 valence electrons. The lowest BCUT2D eigenvalue weighted by atomic mass is 10.0. The number of amides is 3. The predicted molar refractivity (Wildman–Crippen MR) is 100 cm³/mol. The van der Waals surface area contributed by atoms with Crippen LogP contribution in [0.2, 0.25) is 0 Å². The molecule has 25 heavy (non-hydrogen) atoms. The maximum Gasteiger partial charge on any atom is 0.321 e. The molecule has 2 rings (SSSR count). The van der Waals surface area contributed by atoms with Gasteiger partial charge in [-0.2, -0.15) is 0 Å². The lowest BCUT2D eigenvalue weighted by molar-refractivity contribution is -0.120. The zero-order valence-corrected chi connectivity index (χ0v) is 14.9. The Morgan fingerprint density at radius 1 is 0.920 bits per heavy atom. The summed E-state index contributed by atoms with van der Waals surface area (Å²) in [5.74, 6) is 0.0848. The van der Waals surface area contributed by atoms with Crippen LogP contribution >= 0.6 is 0 Å². The average Bonchev–Trinajstić information content (AvgIpc) is 2.61. The minimum atomic E-state index is -0.521. The van der Waals surface area contributed by atoms with Gasteiger partial charge in [-0.15, -0.1) is 0 Å². The molecule has 2 aromatic carbocycles. The van der Waals surface area contributed by atoms with Crippen LogP contribution in [0.3, 0.4) is 0 Å². The zero-order chi connectivity index (χ0) is 18.2. The van der Waals surface area contributed by atoms with E-state index in [0.717, 1.165) is 11.3 Å². The van der Waals surface area contributed by atoms with Crippen molar-refractivity contribution in [3.8, 4) is 0 Å². The first-order valence-corrected chi connectivity index (χ1v) is 8.45. The highest BCUT2D eigenvalue weighted by molar-refractivity contribution is 5.97. The van der Waals surface area contributed by atoms with E-state index in [-0.39, 0.29) is 5.91 Å². The fourth-order valence-corrected chi connectivity index (χ4v) is 2.32. The lowest BCUT2D eigenvalue weighted by Gasteiger charge is -2.16.